The van der Waals surface area contributed by atoms with Crippen LogP contribution in [0.1, 0.15) is 85.9 Å². The van der Waals surface area contributed by atoms with Crippen molar-refractivity contribution in [3.8, 4) is 23.0 Å². The van der Waals surface area contributed by atoms with E-state index in [-0.39, 0.29) is 0 Å². The van der Waals surface area contributed by atoms with E-state index in [9.17, 15) is 9.59 Å². The molecule has 0 atom stereocenters. The van der Waals surface area contributed by atoms with E-state index in [0.29, 0.717) is 41.6 Å². The van der Waals surface area contributed by atoms with E-state index in [1.165, 1.54) is 32.1 Å². The smallest absolute Gasteiger partial charge is 0.343 e. The maximum Gasteiger partial charge on any atom is 0.343 e. The number of benzene rings is 3. The summed E-state index contributed by atoms with van der Waals surface area (Å²) in [5, 5.41) is 0. The van der Waals surface area contributed by atoms with E-state index in [0.717, 1.165) is 25.0 Å². The van der Waals surface area contributed by atoms with Crippen LogP contribution >= 0.6 is 0 Å². The van der Waals surface area contributed by atoms with Crippen LogP contribution in [0.25, 0.3) is 0 Å². The first kappa shape index (κ1) is 28.8. The second kappa shape index (κ2) is 16.1. The van der Waals surface area contributed by atoms with Gasteiger partial charge in [-0.3, -0.25) is 0 Å². The zero-order chi connectivity index (χ0) is 27.0. The zero-order valence-electron chi connectivity index (χ0n) is 22.4. The van der Waals surface area contributed by atoms with E-state index in [1.807, 2.05) is 0 Å². The molecule has 0 aliphatic heterocycles. The van der Waals surface area contributed by atoms with Gasteiger partial charge in [0.25, 0.3) is 0 Å². The fourth-order valence-corrected chi connectivity index (χ4v) is 3.69. The second-order valence-corrected chi connectivity index (χ2v) is 9.12. The number of rotatable bonds is 16. The standard InChI is InChI=1S/C32H38O6/c1-3-5-7-8-9-10-24-36-28-19-21-30(22-20-28)38-32(34)26-13-17-29(18-14-26)37-31(33)25-11-15-27(16-12-25)35-23-6-4-2/h11-22H,3-10,23-24H2,1-2H3. The molecule has 3 aromatic carbocycles. The minimum atomic E-state index is -0.498. The van der Waals surface area contributed by atoms with E-state index in [1.54, 1.807) is 72.8 Å². The minimum Gasteiger partial charge on any atom is -0.494 e. The van der Waals surface area contributed by atoms with Crippen molar-refractivity contribution in [2.24, 2.45) is 0 Å². The molecular formula is C32H38O6. The van der Waals surface area contributed by atoms with Crippen LogP contribution in [-0.2, 0) is 0 Å². The largest absolute Gasteiger partial charge is 0.494 e. The summed E-state index contributed by atoms with van der Waals surface area (Å²) in [6, 6.07) is 20.1. The molecule has 0 amide bonds. The highest BCUT2D eigenvalue weighted by atomic mass is 16.5. The average molecular weight is 519 g/mol. The minimum absolute atomic E-state index is 0.335. The lowest BCUT2D eigenvalue weighted by Crippen LogP contribution is -2.10. The van der Waals surface area contributed by atoms with Crippen LogP contribution in [0.15, 0.2) is 72.8 Å². The molecular weight excluding hydrogens is 480 g/mol. The number of carbonyl (C=O) groups is 2. The normalized spacial score (nSPS) is 10.6. The Morgan fingerprint density at radius 2 is 0.842 bits per heavy atom. The van der Waals surface area contributed by atoms with Crippen LogP contribution in [0, 0.1) is 0 Å². The Hall–Kier alpha value is -3.80. The summed E-state index contributed by atoms with van der Waals surface area (Å²) in [7, 11) is 0. The van der Waals surface area contributed by atoms with Crippen LogP contribution < -0.4 is 18.9 Å². The van der Waals surface area contributed by atoms with Crippen molar-refractivity contribution < 1.29 is 28.5 Å². The lowest BCUT2D eigenvalue weighted by Gasteiger charge is -2.09. The number of hydrogen-bond acceptors (Lipinski definition) is 6. The third kappa shape index (κ3) is 9.92. The van der Waals surface area contributed by atoms with Gasteiger partial charge in [-0.05, 0) is 85.6 Å². The van der Waals surface area contributed by atoms with Gasteiger partial charge in [-0.25, -0.2) is 9.59 Å². The van der Waals surface area contributed by atoms with Crippen molar-refractivity contribution in [3.63, 3.8) is 0 Å². The zero-order valence-corrected chi connectivity index (χ0v) is 22.4. The average Bonchev–Trinajstić information content (AvgIpc) is 2.94. The number of carbonyl (C=O) groups excluding carboxylic acids is 2. The van der Waals surface area contributed by atoms with Gasteiger partial charge in [-0.1, -0.05) is 52.4 Å². The van der Waals surface area contributed by atoms with Gasteiger partial charge in [0.1, 0.15) is 23.0 Å². The predicted molar refractivity (Wildman–Crippen MR) is 149 cm³/mol. The van der Waals surface area contributed by atoms with Crippen LogP contribution in [0.4, 0.5) is 0 Å². The molecule has 0 bridgehead atoms. The Morgan fingerprint density at radius 1 is 0.474 bits per heavy atom. The molecule has 0 radical (unpaired) electrons. The van der Waals surface area contributed by atoms with E-state index in [4.69, 9.17) is 18.9 Å². The first-order valence-corrected chi connectivity index (χ1v) is 13.6. The van der Waals surface area contributed by atoms with Gasteiger partial charge in [-0.15, -0.1) is 0 Å². The van der Waals surface area contributed by atoms with Crippen LogP contribution in [0.5, 0.6) is 23.0 Å². The van der Waals surface area contributed by atoms with Crippen LogP contribution in [0.2, 0.25) is 0 Å². The third-order valence-electron chi connectivity index (χ3n) is 5.96. The van der Waals surface area contributed by atoms with Gasteiger partial charge < -0.3 is 18.9 Å². The maximum absolute atomic E-state index is 12.5. The molecule has 0 unspecified atom stereocenters. The molecule has 0 aliphatic rings. The lowest BCUT2D eigenvalue weighted by molar-refractivity contribution is 0.0730. The van der Waals surface area contributed by atoms with Crippen LogP contribution in [0.3, 0.4) is 0 Å². The quantitative estimate of drug-likeness (QED) is 0.109. The first-order chi connectivity index (χ1) is 18.6. The van der Waals surface area contributed by atoms with Gasteiger partial charge in [0, 0.05) is 0 Å². The summed E-state index contributed by atoms with van der Waals surface area (Å²) >= 11 is 0. The highest BCUT2D eigenvalue weighted by molar-refractivity contribution is 5.92. The maximum atomic E-state index is 12.5. The Bertz CT molecular complexity index is 1100. The van der Waals surface area contributed by atoms with Crippen molar-refractivity contribution in [3.05, 3.63) is 83.9 Å². The summed E-state index contributed by atoms with van der Waals surface area (Å²) in [4.78, 5) is 25.0. The number of hydrogen-bond donors (Lipinski definition) is 0. The topological polar surface area (TPSA) is 71.1 Å². The van der Waals surface area contributed by atoms with Crippen molar-refractivity contribution in [2.75, 3.05) is 13.2 Å². The fourth-order valence-electron chi connectivity index (χ4n) is 3.69. The highest BCUT2D eigenvalue weighted by Gasteiger charge is 2.12. The summed E-state index contributed by atoms with van der Waals surface area (Å²) in [5.41, 5.74) is 0.762. The van der Waals surface area contributed by atoms with Crippen LogP contribution in [-0.4, -0.2) is 25.2 Å². The molecule has 0 aromatic heterocycles. The lowest BCUT2D eigenvalue weighted by atomic mass is 10.1. The molecule has 3 rings (SSSR count). The summed E-state index contributed by atoms with van der Waals surface area (Å²) in [5.74, 6) is 1.25. The van der Waals surface area contributed by atoms with Crippen molar-refractivity contribution in [1.82, 2.24) is 0 Å². The first-order valence-electron chi connectivity index (χ1n) is 13.6. The third-order valence-corrected chi connectivity index (χ3v) is 5.96. The van der Waals surface area contributed by atoms with E-state index in [2.05, 4.69) is 13.8 Å². The van der Waals surface area contributed by atoms with Gasteiger partial charge in [0.15, 0.2) is 0 Å². The molecule has 6 heteroatoms. The van der Waals surface area contributed by atoms with Gasteiger partial charge in [-0.2, -0.15) is 0 Å². The summed E-state index contributed by atoms with van der Waals surface area (Å²) in [6.07, 6.45) is 9.33. The van der Waals surface area contributed by atoms with E-state index < -0.39 is 11.9 Å². The van der Waals surface area contributed by atoms with E-state index >= 15 is 0 Å². The van der Waals surface area contributed by atoms with Gasteiger partial charge >= 0.3 is 11.9 Å². The second-order valence-electron chi connectivity index (χ2n) is 9.12. The summed E-state index contributed by atoms with van der Waals surface area (Å²) < 4.78 is 22.3. The molecule has 202 valence electrons. The summed E-state index contributed by atoms with van der Waals surface area (Å²) in [6.45, 7) is 5.64. The molecule has 38 heavy (non-hydrogen) atoms. The molecule has 0 spiro atoms. The number of ether oxygens (including phenoxy) is 4. The highest BCUT2D eigenvalue weighted by Crippen LogP contribution is 2.21. The molecule has 6 nitrogen and oxygen atoms in total. The monoisotopic (exact) mass is 518 g/mol. The Balaban J connectivity index is 1.42. The molecule has 0 aliphatic carbocycles. The van der Waals surface area contributed by atoms with Crippen molar-refractivity contribution >= 4 is 11.9 Å². The molecule has 0 saturated heterocycles. The molecule has 0 saturated carbocycles. The number of esters is 2. The predicted octanol–water partition coefficient (Wildman–Crippen LogP) is 8.04. The fraction of sp³-hybridized carbons (Fsp3) is 0.375. The number of unbranched alkanes of at least 4 members (excludes halogenated alkanes) is 6. The van der Waals surface area contributed by atoms with Gasteiger partial charge in [0.05, 0.1) is 24.3 Å². The van der Waals surface area contributed by atoms with Gasteiger partial charge in [0.2, 0.25) is 0 Å². The molecule has 0 N–H and O–H groups in total. The van der Waals surface area contributed by atoms with Crippen molar-refractivity contribution in [2.45, 2.75) is 65.2 Å². The molecule has 0 fully saturated rings. The molecule has 3 aromatic rings. The Kier molecular flexibility index (Phi) is 12.2. The molecule has 0 heterocycles. The SMILES string of the molecule is CCCCCCCCOc1ccc(OC(=O)c2ccc(OC(=O)c3ccc(OCCCC)cc3)cc2)cc1. The Morgan fingerprint density at radius 3 is 1.34 bits per heavy atom. The Labute approximate surface area is 225 Å². The van der Waals surface area contributed by atoms with Crippen molar-refractivity contribution in [1.29, 1.82) is 0 Å².